The fraction of sp³-hybridized carbons (Fsp3) is 0.238. The van der Waals surface area contributed by atoms with Gasteiger partial charge in [0.2, 0.25) is 0 Å². The Bertz CT molecular complexity index is 933. The Hall–Kier alpha value is -2.77. The minimum Gasteiger partial charge on any atom is -0.492 e. The summed E-state index contributed by atoms with van der Waals surface area (Å²) in [5, 5.41) is 6.23. The normalized spacial score (nSPS) is 14.5. The van der Waals surface area contributed by atoms with Crippen molar-refractivity contribution < 1.29 is 19.0 Å². The highest BCUT2D eigenvalue weighted by Gasteiger charge is 2.20. The number of ether oxygens (including phenoxy) is 3. The molecule has 1 fully saturated rings. The van der Waals surface area contributed by atoms with E-state index in [4.69, 9.17) is 38.0 Å². The topological polar surface area (TPSA) is 68.8 Å². The molecule has 29 heavy (non-hydrogen) atoms. The van der Waals surface area contributed by atoms with Gasteiger partial charge in [-0.1, -0.05) is 29.8 Å². The van der Waals surface area contributed by atoms with Gasteiger partial charge >= 0.3 is 0 Å². The minimum atomic E-state index is -0.258. The van der Waals surface area contributed by atoms with E-state index < -0.39 is 0 Å². The van der Waals surface area contributed by atoms with E-state index in [1.54, 1.807) is 12.1 Å². The molecule has 0 aliphatic carbocycles. The number of thiocarbonyl (C=S) groups is 1. The predicted octanol–water partition coefficient (Wildman–Crippen LogP) is 3.93. The lowest BCUT2D eigenvalue weighted by Crippen LogP contribution is -2.21. The van der Waals surface area contributed by atoms with Gasteiger partial charge in [0.15, 0.2) is 16.6 Å². The molecule has 0 bridgehead atoms. The maximum absolute atomic E-state index is 11.8. The third-order valence-corrected chi connectivity index (χ3v) is 4.46. The second kappa shape index (κ2) is 10.1. The van der Waals surface area contributed by atoms with Crippen molar-refractivity contribution >= 4 is 40.9 Å². The molecule has 8 heteroatoms. The van der Waals surface area contributed by atoms with E-state index in [0.29, 0.717) is 59.3 Å². The van der Waals surface area contributed by atoms with Crippen LogP contribution in [0, 0.1) is 0 Å². The Morgan fingerprint density at radius 3 is 2.45 bits per heavy atom. The molecule has 6 nitrogen and oxygen atoms in total. The first-order valence-corrected chi connectivity index (χ1v) is 9.96. The molecule has 0 radical (unpaired) electrons. The minimum absolute atomic E-state index is 0.258. The molecule has 0 unspecified atom stereocenters. The third kappa shape index (κ3) is 5.85. The van der Waals surface area contributed by atoms with Gasteiger partial charge in [-0.05, 0) is 55.0 Å². The van der Waals surface area contributed by atoms with E-state index in [2.05, 4.69) is 10.6 Å². The number of carbonyl (C=O) groups excluding carboxylic acids is 1. The van der Waals surface area contributed by atoms with Crippen LogP contribution < -0.4 is 24.8 Å². The van der Waals surface area contributed by atoms with Gasteiger partial charge in [0, 0.05) is 6.42 Å². The molecule has 152 valence electrons. The van der Waals surface area contributed by atoms with Crippen LogP contribution in [0.2, 0.25) is 5.02 Å². The van der Waals surface area contributed by atoms with Gasteiger partial charge in [0.05, 0.1) is 24.8 Å². The average Bonchev–Trinajstić information content (AvgIpc) is 3.01. The summed E-state index contributed by atoms with van der Waals surface area (Å²) in [5.41, 5.74) is 1.19. The fourth-order valence-electron chi connectivity index (χ4n) is 2.64. The van der Waals surface area contributed by atoms with E-state index in [1.807, 2.05) is 43.3 Å². The van der Waals surface area contributed by atoms with Crippen molar-refractivity contribution in [3.8, 4) is 17.2 Å². The number of carbonyl (C=O) groups is 1. The number of hydrogen-bond acceptors (Lipinski definition) is 5. The number of hydrogen-bond donors (Lipinski definition) is 2. The smallest absolute Gasteiger partial charge is 0.273 e. The fourth-order valence-corrected chi connectivity index (χ4v) is 3.03. The highest BCUT2D eigenvalue weighted by atomic mass is 35.5. The number of rotatable bonds is 9. The largest absolute Gasteiger partial charge is 0.492 e. The second-order valence-electron chi connectivity index (χ2n) is 6.09. The first-order valence-electron chi connectivity index (χ1n) is 9.18. The maximum Gasteiger partial charge on any atom is 0.273 e. The molecule has 1 saturated heterocycles. The molecule has 1 aliphatic rings. The molecule has 0 saturated carbocycles. The van der Waals surface area contributed by atoms with E-state index in [1.165, 1.54) is 0 Å². The molecule has 2 aromatic carbocycles. The zero-order valence-corrected chi connectivity index (χ0v) is 17.4. The van der Waals surface area contributed by atoms with E-state index in [0.717, 1.165) is 5.56 Å². The summed E-state index contributed by atoms with van der Waals surface area (Å²) in [5.74, 6) is 1.64. The molecule has 0 spiro atoms. The number of amides is 1. The molecule has 0 atom stereocenters. The Morgan fingerprint density at radius 1 is 1.00 bits per heavy atom. The van der Waals surface area contributed by atoms with Gasteiger partial charge in [-0.2, -0.15) is 0 Å². The van der Waals surface area contributed by atoms with E-state index >= 15 is 0 Å². The number of para-hydroxylation sites is 1. The quantitative estimate of drug-likeness (QED) is 0.355. The summed E-state index contributed by atoms with van der Waals surface area (Å²) >= 11 is 11.0. The van der Waals surface area contributed by atoms with Crippen LogP contribution in [0.25, 0.3) is 6.08 Å². The average molecular weight is 433 g/mol. The molecule has 1 aliphatic heterocycles. The van der Waals surface area contributed by atoms with Crippen molar-refractivity contribution in [1.29, 1.82) is 0 Å². The van der Waals surface area contributed by atoms with Crippen LogP contribution in [0.1, 0.15) is 18.9 Å². The Morgan fingerprint density at radius 2 is 1.76 bits per heavy atom. The lowest BCUT2D eigenvalue weighted by atomic mass is 10.1. The molecule has 1 amide bonds. The first kappa shape index (κ1) is 21.0. The highest BCUT2D eigenvalue weighted by molar-refractivity contribution is 7.80. The van der Waals surface area contributed by atoms with Crippen LogP contribution in [0.3, 0.4) is 0 Å². The molecule has 3 rings (SSSR count). The van der Waals surface area contributed by atoms with Crippen molar-refractivity contribution in [2.75, 3.05) is 19.8 Å². The van der Waals surface area contributed by atoms with Crippen molar-refractivity contribution in [2.45, 2.75) is 13.3 Å². The molecular weight excluding hydrogens is 412 g/mol. The van der Waals surface area contributed by atoms with Crippen LogP contribution in [0.15, 0.2) is 48.2 Å². The number of benzene rings is 2. The van der Waals surface area contributed by atoms with Crippen molar-refractivity contribution in [1.82, 2.24) is 10.6 Å². The number of nitrogens with one attached hydrogen (secondary N) is 2. The Labute approximate surface area is 179 Å². The Balaban J connectivity index is 1.57. The van der Waals surface area contributed by atoms with Gasteiger partial charge < -0.3 is 19.5 Å². The maximum atomic E-state index is 11.8. The van der Waals surface area contributed by atoms with Crippen LogP contribution in [0.5, 0.6) is 17.2 Å². The van der Waals surface area contributed by atoms with Crippen LogP contribution >= 0.6 is 23.8 Å². The van der Waals surface area contributed by atoms with Crippen LogP contribution in [-0.4, -0.2) is 30.8 Å². The molecular formula is C21H21ClN2O4S. The van der Waals surface area contributed by atoms with Crippen LogP contribution in [0.4, 0.5) is 0 Å². The molecule has 2 aromatic rings. The Kier molecular flexibility index (Phi) is 7.32. The van der Waals surface area contributed by atoms with E-state index in [-0.39, 0.29) is 5.91 Å². The highest BCUT2D eigenvalue weighted by Crippen LogP contribution is 2.30. The monoisotopic (exact) mass is 432 g/mol. The summed E-state index contributed by atoms with van der Waals surface area (Å²) in [4.78, 5) is 11.8. The summed E-state index contributed by atoms with van der Waals surface area (Å²) in [7, 11) is 0. The third-order valence-electron chi connectivity index (χ3n) is 3.94. The zero-order valence-electron chi connectivity index (χ0n) is 15.9. The molecule has 2 N–H and O–H groups in total. The van der Waals surface area contributed by atoms with Gasteiger partial charge in [-0.3, -0.25) is 10.1 Å². The lowest BCUT2D eigenvalue weighted by Gasteiger charge is -2.13. The SMILES string of the molecule is CCOc1cc(C=C2NC(=S)NC2=O)ccc1OCCCOc1ccccc1Cl. The van der Waals surface area contributed by atoms with Crippen LogP contribution in [-0.2, 0) is 4.79 Å². The summed E-state index contributed by atoms with van der Waals surface area (Å²) in [6, 6.07) is 12.8. The van der Waals surface area contributed by atoms with Gasteiger partial charge in [-0.15, -0.1) is 0 Å². The van der Waals surface area contributed by atoms with Gasteiger partial charge in [0.25, 0.3) is 5.91 Å². The molecule has 1 heterocycles. The molecule has 0 aromatic heterocycles. The van der Waals surface area contributed by atoms with Gasteiger partial charge in [-0.25, -0.2) is 0 Å². The van der Waals surface area contributed by atoms with E-state index in [9.17, 15) is 4.79 Å². The van der Waals surface area contributed by atoms with Crippen molar-refractivity contribution in [3.05, 3.63) is 58.7 Å². The summed E-state index contributed by atoms with van der Waals surface area (Å²) in [6.07, 6.45) is 2.39. The van der Waals surface area contributed by atoms with Gasteiger partial charge in [0.1, 0.15) is 11.4 Å². The summed E-state index contributed by atoms with van der Waals surface area (Å²) < 4.78 is 17.2. The zero-order chi connectivity index (χ0) is 20.6. The predicted molar refractivity (Wildman–Crippen MR) is 117 cm³/mol. The number of halogens is 1. The lowest BCUT2D eigenvalue weighted by molar-refractivity contribution is -0.115. The van der Waals surface area contributed by atoms with Crippen molar-refractivity contribution in [2.24, 2.45) is 0 Å². The first-order chi connectivity index (χ1) is 14.1. The second-order valence-corrected chi connectivity index (χ2v) is 6.90. The standard InChI is InChI=1S/C21H21ClN2O4S/c1-2-26-19-13-14(12-16-20(25)24-21(29)23-16)8-9-18(19)28-11-5-10-27-17-7-4-3-6-15(17)22/h3-4,6-9,12-13H,2,5,10-11H2,1H3,(H2,23,24,25,29). The summed E-state index contributed by atoms with van der Waals surface area (Å²) in [6.45, 7) is 3.34. The van der Waals surface area contributed by atoms with Crippen molar-refractivity contribution in [3.63, 3.8) is 0 Å².